The normalized spacial score (nSPS) is 22.8. The average molecular weight is 213 g/mol. The fraction of sp³-hybridized carbons (Fsp3) is 0.700. The van der Waals surface area contributed by atoms with Crippen LogP contribution in [0, 0.1) is 0 Å². The molecule has 1 atom stereocenters. The summed E-state index contributed by atoms with van der Waals surface area (Å²) in [6.45, 7) is 4.42. The summed E-state index contributed by atoms with van der Waals surface area (Å²) in [6, 6.07) is 0. The molecule has 2 rings (SSSR count). The Hall–Kier alpha value is -0.0200. The molecule has 1 aliphatic rings. The molecule has 0 spiro atoms. The molecule has 13 heavy (non-hydrogen) atoms. The van der Waals surface area contributed by atoms with Crippen LogP contribution in [-0.2, 0) is 0 Å². The molecule has 0 saturated carbocycles. The number of thiazole rings is 1. The average Bonchev–Trinajstić information content (AvgIpc) is 2.75. The Morgan fingerprint density at radius 3 is 2.92 bits per heavy atom. The Morgan fingerprint density at radius 1 is 1.54 bits per heavy atom. The van der Waals surface area contributed by atoms with Crippen molar-refractivity contribution in [1.29, 1.82) is 0 Å². The van der Waals surface area contributed by atoms with E-state index >= 15 is 0 Å². The van der Waals surface area contributed by atoms with Gasteiger partial charge in [0.25, 0.3) is 0 Å². The molecular weight excluding hydrogens is 198 g/mol. The fourth-order valence-electron chi connectivity index (χ4n) is 1.49. The Kier molecular flexibility index (Phi) is 2.94. The van der Waals surface area contributed by atoms with Crippen LogP contribution in [0.4, 0.5) is 0 Å². The Labute approximate surface area is 88.0 Å². The van der Waals surface area contributed by atoms with E-state index in [1.807, 2.05) is 11.3 Å². The van der Waals surface area contributed by atoms with E-state index in [4.69, 9.17) is 0 Å². The van der Waals surface area contributed by atoms with E-state index in [0.717, 1.165) is 0 Å². The minimum absolute atomic E-state index is 0.580. The predicted octanol–water partition coefficient (Wildman–Crippen LogP) is 3.83. The molecular formula is C10H15NS2. The molecule has 0 bridgehead atoms. The molecule has 1 fully saturated rings. The lowest BCUT2D eigenvalue weighted by Gasteiger charge is -2.03. The standard InChI is InChI=1S/C10H15NS2/c1-7(2)8-6-13-10(11-8)9-4-3-5-12-9/h6-7,9H,3-5H2,1-2H3. The summed E-state index contributed by atoms with van der Waals surface area (Å²) < 4.78 is 0. The van der Waals surface area contributed by atoms with Gasteiger partial charge in [0.05, 0.1) is 10.9 Å². The summed E-state index contributed by atoms with van der Waals surface area (Å²) in [5.74, 6) is 1.90. The van der Waals surface area contributed by atoms with Gasteiger partial charge in [-0.25, -0.2) is 4.98 Å². The zero-order valence-electron chi connectivity index (χ0n) is 8.12. The maximum Gasteiger partial charge on any atom is 0.106 e. The first-order chi connectivity index (χ1) is 6.27. The highest BCUT2D eigenvalue weighted by molar-refractivity contribution is 7.99. The summed E-state index contributed by atoms with van der Waals surface area (Å²) >= 11 is 3.91. The van der Waals surface area contributed by atoms with Crippen LogP contribution >= 0.6 is 23.1 Å². The maximum absolute atomic E-state index is 4.69. The SMILES string of the molecule is CC(C)c1csc(C2CCCS2)n1. The largest absolute Gasteiger partial charge is 0.245 e. The Morgan fingerprint density at radius 2 is 2.38 bits per heavy atom. The smallest absolute Gasteiger partial charge is 0.106 e. The molecule has 72 valence electrons. The predicted molar refractivity (Wildman–Crippen MR) is 60.6 cm³/mol. The van der Waals surface area contributed by atoms with Gasteiger partial charge in [-0.2, -0.15) is 11.8 Å². The molecule has 0 radical (unpaired) electrons. The van der Waals surface area contributed by atoms with Crippen LogP contribution in [-0.4, -0.2) is 10.7 Å². The van der Waals surface area contributed by atoms with E-state index in [2.05, 4.69) is 36.0 Å². The molecule has 0 aromatic carbocycles. The van der Waals surface area contributed by atoms with Crippen molar-refractivity contribution in [3.8, 4) is 0 Å². The molecule has 0 N–H and O–H groups in total. The molecule has 1 aromatic heterocycles. The number of nitrogens with zero attached hydrogens (tertiary/aromatic N) is 1. The summed E-state index contributed by atoms with van der Waals surface area (Å²) in [5, 5.41) is 4.28. The lowest BCUT2D eigenvalue weighted by Crippen LogP contribution is -1.91. The van der Waals surface area contributed by atoms with Gasteiger partial charge in [-0.3, -0.25) is 0 Å². The molecule has 3 heteroatoms. The number of hydrogen-bond acceptors (Lipinski definition) is 3. The third-order valence-electron chi connectivity index (χ3n) is 2.34. The second kappa shape index (κ2) is 4.01. The van der Waals surface area contributed by atoms with Crippen LogP contribution in [0.15, 0.2) is 5.38 Å². The summed E-state index contributed by atoms with van der Waals surface area (Å²) in [6.07, 6.45) is 2.70. The number of thioether (sulfide) groups is 1. The molecule has 0 amide bonds. The van der Waals surface area contributed by atoms with Gasteiger partial charge in [0.15, 0.2) is 0 Å². The van der Waals surface area contributed by atoms with Crippen molar-refractivity contribution in [1.82, 2.24) is 4.98 Å². The van der Waals surface area contributed by atoms with Gasteiger partial charge in [0, 0.05) is 5.38 Å². The Balaban J connectivity index is 2.12. The fourth-order valence-corrected chi connectivity index (χ4v) is 4.00. The lowest BCUT2D eigenvalue weighted by molar-refractivity contribution is 0.790. The monoisotopic (exact) mass is 213 g/mol. The molecule has 1 aliphatic heterocycles. The van der Waals surface area contributed by atoms with Gasteiger partial charge in [-0.15, -0.1) is 11.3 Å². The number of rotatable bonds is 2. The quantitative estimate of drug-likeness (QED) is 0.740. The third kappa shape index (κ3) is 2.08. The van der Waals surface area contributed by atoms with Gasteiger partial charge in [0.2, 0.25) is 0 Å². The second-order valence-corrected chi connectivity index (χ2v) is 5.97. The van der Waals surface area contributed by atoms with E-state index in [1.54, 1.807) is 0 Å². The van der Waals surface area contributed by atoms with Gasteiger partial charge in [0.1, 0.15) is 5.01 Å². The molecule has 1 saturated heterocycles. The van der Waals surface area contributed by atoms with Crippen LogP contribution in [0.1, 0.15) is 48.6 Å². The Bertz CT molecular complexity index is 274. The van der Waals surface area contributed by atoms with Crippen molar-refractivity contribution in [3.05, 3.63) is 16.1 Å². The van der Waals surface area contributed by atoms with E-state index in [9.17, 15) is 0 Å². The molecule has 1 nitrogen and oxygen atoms in total. The summed E-state index contributed by atoms with van der Waals surface area (Å²) in [5.41, 5.74) is 1.27. The number of aromatic nitrogens is 1. The summed E-state index contributed by atoms with van der Waals surface area (Å²) in [4.78, 5) is 4.69. The minimum Gasteiger partial charge on any atom is -0.245 e. The highest BCUT2D eigenvalue weighted by atomic mass is 32.2. The minimum atomic E-state index is 0.580. The van der Waals surface area contributed by atoms with Crippen molar-refractivity contribution in [2.24, 2.45) is 0 Å². The highest BCUT2D eigenvalue weighted by Gasteiger charge is 2.20. The van der Waals surface area contributed by atoms with Gasteiger partial charge >= 0.3 is 0 Å². The van der Waals surface area contributed by atoms with Gasteiger partial charge < -0.3 is 0 Å². The molecule has 1 unspecified atom stereocenters. The maximum atomic E-state index is 4.69. The molecule has 0 aliphatic carbocycles. The number of hydrogen-bond donors (Lipinski definition) is 0. The van der Waals surface area contributed by atoms with Crippen LogP contribution in [0.5, 0.6) is 0 Å². The van der Waals surface area contributed by atoms with E-state index < -0.39 is 0 Å². The van der Waals surface area contributed by atoms with Crippen LogP contribution in [0.25, 0.3) is 0 Å². The first-order valence-corrected chi connectivity index (χ1v) is 6.77. The lowest BCUT2D eigenvalue weighted by atomic mass is 10.2. The van der Waals surface area contributed by atoms with Crippen LogP contribution < -0.4 is 0 Å². The van der Waals surface area contributed by atoms with Crippen molar-refractivity contribution < 1.29 is 0 Å². The zero-order valence-corrected chi connectivity index (χ0v) is 9.75. The second-order valence-electron chi connectivity index (χ2n) is 3.77. The molecule has 2 heterocycles. The molecule has 1 aromatic rings. The van der Waals surface area contributed by atoms with Crippen molar-refractivity contribution >= 4 is 23.1 Å². The van der Waals surface area contributed by atoms with Gasteiger partial charge in [-0.05, 0) is 24.5 Å². The van der Waals surface area contributed by atoms with Crippen molar-refractivity contribution in [2.75, 3.05) is 5.75 Å². The zero-order chi connectivity index (χ0) is 9.26. The third-order valence-corrected chi connectivity index (χ3v) is 4.85. The van der Waals surface area contributed by atoms with E-state index in [1.165, 1.54) is 29.3 Å². The first kappa shape index (κ1) is 9.53. The van der Waals surface area contributed by atoms with Crippen LogP contribution in [0.3, 0.4) is 0 Å². The topological polar surface area (TPSA) is 12.9 Å². The van der Waals surface area contributed by atoms with E-state index in [0.29, 0.717) is 11.2 Å². The first-order valence-electron chi connectivity index (χ1n) is 4.84. The van der Waals surface area contributed by atoms with Gasteiger partial charge in [-0.1, -0.05) is 13.8 Å². The highest BCUT2D eigenvalue weighted by Crippen LogP contribution is 2.41. The van der Waals surface area contributed by atoms with Crippen molar-refractivity contribution in [3.63, 3.8) is 0 Å². The van der Waals surface area contributed by atoms with Crippen LogP contribution in [0.2, 0.25) is 0 Å². The summed E-state index contributed by atoms with van der Waals surface area (Å²) in [7, 11) is 0. The van der Waals surface area contributed by atoms with Crippen molar-refractivity contribution in [2.45, 2.75) is 37.9 Å². The van der Waals surface area contributed by atoms with E-state index in [-0.39, 0.29) is 0 Å².